The lowest BCUT2D eigenvalue weighted by Crippen LogP contribution is -2.11. The molecule has 0 atom stereocenters. The molecule has 5 heteroatoms. The SMILES string of the molecule is Cc1c(F)cccc1NC(=O)c1cc(S)cs1. The third kappa shape index (κ3) is 2.68. The van der Waals surface area contributed by atoms with Crippen LogP contribution in [0.3, 0.4) is 0 Å². The second-order valence-corrected chi connectivity index (χ2v) is 4.96. The third-order valence-corrected chi connectivity index (χ3v) is 3.69. The number of nitrogens with one attached hydrogen (secondary N) is 1. The summed E-state index contributed by atoms with van der Waals surface area (Å²) in [5.74, 6) is -0.576. The van der Waals surface area contributed by atoms with Gasteiger partial charge in [-0.1, -0.05) is 6.07 Å². The highest BCUT2D eigenvalue weighted by Gasteiger charge is 2.11. The minimum atomic E-state index is -0.330. The number of thiophene rings is 1. The summed E-state index contributed by atoms with van der Waals surface area (Å²) in [5.41, 5.74) is 0.924. The Morgan fingerprint density at radius 1 is 1.47 bits per heavy atom. The fourth-order valence-electron chi connectivity index (χ4n) is 1.37. The number of carbonyl (C=O) groups excluding carboxylic acids is 1. The number of hydrogen-bond acceptors (Lipinski definition) is 3. The molecule has 0 bridgehead atoms. The molecule has 1 amide bonds. The van der Waals surface area contributed by atoms with Crippen LogP contribution in [0.15, 0.2) is 34.5 Å². The van der Waals surface area contributed by atoms with Gasteiger partial charge in [-0.3, -0.25) is 4.79 Å². The minimum Gasteiger partial charge on any atom is -0.321 e. The van der Waals surface area contributed by atoms with Gasteiger partial charge in [0.15, 0.2) is 0 Å². The van der Waals surface area contributed by atoms with Crippen molar-refractivity contribution in [3.8, 4) is 0 Å². The van der Waals surface area contributed by atoms with Gasteiger partial charge < -0.3 is 5.32 Å². The Balaban J connectivity index is 2.21. The van der Waals surface area contributed by atoms with Gasteiger partial charge in [0.2, 0.25) is 0 Å². The largest absolute Gasteiger partial charge is 0.321 e. The van der Waals surface area contributed by atoms with E-state index >= 15 is 0 Å². The second kappa shape index (κ2) is 4.89. The smallest absolute Gasteiger partial charge is 0.265 e. The topological polar surface area (TPSA) is 29.1 Å². The molecule has 2 nitrogen and oxygen atoms in total. The van der Waals surface area contributed by atoms with E-state index in [4.69, 9.17) is 0 Å². The first-order chi connectivity index (χ1) is 8.08. The van der Waals surface area contributed by atoms with E-state index in [9.17, 15) is 9.18 Å². The van der Waals surface area contributed by atoms with Gasteiger partial charge in [0, 0.05) is 21.5 Å². The Morgan fingerprint density at radius 3 is 2.88 bits per heavy atom. The maximum atomic E-state index is 13.3. The van der Waals surface area contributed by atoms with Crippen molar-refractivity contribution in [3.63, 3.8) is 0 Å². The first kappa shape index (κ1) is 12.1. The number of benzene rings is 1. The molecule has 0 radical (unpaired) electrons. The third-order valence-electron chi connectivity index (χ3n) is 2.33. The van der Waals surface area contributed by atoms with E-state index in [-0.39, 0.29) is 11.7 Å². The van der Waals surface area contributed by atoms with Crippen LogP contribution >= 0.6 is 24.0 Å². The van der Waals surface area contributed by atoms with Crippen molar-refractivity contribution in [1.29, 1.82) is 0 Å². The maximum Gasteiger partial charge on any atom is 0.265 e. The average Bonchev–Trinajstić information content (AvgIpc) is 2.72. The average molecular weight is 267 g/mol. The number of amides is 1. The van der Waals surface area contributed by atoms with Crippen molar-refractivity contribution < 1.29 is 9.18 Å². The molecule has 2 aromatic rings. The molecule has 0 saturated carbocycles. The van der Waals surface area contributed by atoms with Gasteiger partial charge in [0.1, 0.15) is 5.82 Å². The monoisotopic (exact) mass is 267 g/mol. The molecule has 1 aromatic heterocycles. The standard InChI is InChI=1S/C12H10FNOS2/c1-7-9(13)3-2-4-10(7)14-12(15)11-5-8(16)6-17-11/h2-6,16H,1H3,(H,14,15). The lowest BCUT2D eigenvalue weighted by atomic mass is 10.2. The van der Waals surface area contributed by atoms with Crippen LogP contribution in [0.25, 0.3) is 0 Å². The molecule has 1 N–H and O–H groups in total. The molecule has 1 aromatic carbocycles. The summed E-state index contributed by atoms with van der Waals surface area (Å²) in [5, 5.41) is 4.45. The molecular formula is C12H10FNOS2. The molecule has 2 rings (SSSR count). The number of carbonyl (C=O) groups is 1. The summed E-state index contributed by atoms with van der Waals surface area (Å²) >= 11 is 5.44. The van der Waals surface area contributed by atoms with Crippen molar-refractivity contribution >= 4 is 35.6 Å². The molecule has 0 spiro atoms. The fourth-order valence-corrected chi connectivity index (χ4v) is 2.42. The zero-order chi connectivity index (χ0) is 12.4. The van der Waals surface area contributed by atoms with Crippen molar-refractivity contribution in [2.24, 2.45) is 0 Å². The molecule has 0 fully saturated rings. The highest BCUT2D eigenvalue weighted by molar-refractivity contribution is 7.80. The second-order valence-electron chi connectivity index (χ2n) is 3.54. The van der Waals surface area contributed by atoms with Gasteiger partial charge in [-0.2, -0.15) is 0 Å². The van der Waals surface area contributed by atoms with Crippen LogP contribution in [0.1, 0.15) is 15.2 Å². The Morgan fingerprint density at radius 2 is 2.24 bits per heavy atom. The highest BCUT2D eigenvalue weighted by Crippen LogP contribution is 2.21. The summed E-state index contributed by atoms with van der Waals surface area (Å²) in [7, 11) is 0. The molecule has 1 heterocycles. The predicted molar refractivity (Wildman–Crippen MR) is 70.7 cm³/mol. The van der Waals surface area contributed by atoms with Crippen LogP contribution in [0.4, 0.5) is 10.1 Å². The van der Waals surface area contributed by atoms with Crippen molar-refractivity contribution in [1.82, 2.24) is 0 Å². The summed E-state index contributed by atoms with van der Waals surface area (Å²) in [6.45, 7) is 1.63. The van der Waals surface area contributed by atoms with E-state index in [1.54, 1.807) is 30.5 Å². The lowest BCUT2D eigenvalue weighted by molar-refractivity contribution is 0.103. The number of halogens is 1. The predicted octanol–water partition coefficient (Wildman–Crippen LogP) is 3.74. The number of thiol groups is 1. The van der Waals surface area contributed by atoms with Gasteiger partial charge >= 0.3 is 0 Å². The fraction of sp³-hybridized carbons (Fsp3) is 0.0833. The van der Waals surface area contributed by atoms with Crippen LogP contribution in [0, 0.1) is 12.7 Å². The lowest BCUT2D eigenvalue weighted by Gasteiger charge is -2.07. The van der Waals surface area contributed by atoms with Gasteiger partial charge in [0.05, 0.1) is 4.88 Å². The molecule has 0 aliphatic rings. The van der Waals surface area contributed by atoms with Crippen LogP contribution in [0.2, 0.25) is 0 Å². The Bertz CT molecular complexity index is 565. The van der Waals surface area contributed by atoms with Gasteiger partial charge in [-0.25, -0.2) is 4.39 Å². The Hall–Kier alpha value is -1.33. The van der Waals surface area contributed by atoms with Crippen LogP contribution in [-0.4, -0.2) is 5.91 Å². The van der Waals surface area contributed by atoms with Crippen molar-refractivity contribution in [2.45, 2.75) is 11.8 Å². The van der Waals surface area contributed by atoms with Crippen LogP contribution < -0.4 is 5.32 Å². The van der Waals surface area contributed by atoms with Gasteiger partial charge in [-0.05, 0) is 25.1 Å². The van der Waals surface area contributed by atoms with E-state index in [0.29, 0.717) is 16.1 Å². The highest BCUT2D eigenvalue weighted by atomic mass is 32.1. The first-order valence-electron chi connectivity index (χ1n) is 4.92. The van der Waals surface area contributed by atoms with E-state index in [1.165, 1.54) is 17.4 Å². The minimum absolute atomic E-state index is 0.246. The first-order valence-corrected chi connectivity index (χ1v) is 6.24. The molecule has 0 aliphatic carbocycles. The Labute approximate surface area is 108 Å². The van der Waals surface area contributed by atoms with Gasteiger partial charge in [0.25, 0.3) is 5.91 Å². The van der Waals surface area contributed by atoms with Gasteiger partial charge in [-0.15, -0.1) is 24.0 Å². The molecule has 88 valence electrons. The van der Waals surface area contributed by atoms with Crippen molar-refractivity contribution in [3.05, 3.63) is 45.9 Å². The molecule has 17 heavy (non-hydrogen) atoms. The zero-order valence-electron chi connectivity index (χ0n) is 9.03. The van der Waals surface area contributed by atoms with E-state index < -0.39 is 0 Å². The summed E-state index contributed by atoms with van der Waals surface area (Å²) < 4.78 is 13.3. The molecule has 0 aliphatic heterocycles. The maximum absolute atomic E-state index is 13.3. The van der Waals surface area contributed by atoms with E-state index in [1.807, 2.05) is 0 Å². The summed E-state index contributed by atoms with van der Waals surface area (Å²) in [6.07, 6.45) is 0. The quantitative estimate of drug-likeness (QED) is 0.797. The van der Waals surface area contributed by atoms with Crippen LogP contribution in [0.5, 0.6) is 0 Å². The number of rotatable bonds is 2. The molecular weight excluding hydrogens is 257 g/mol. The van der Waals surface area contributed by atoms with E-state index in [2.05, 4.69) is 17.9 Å². The van der Waals surface area contributed by atoms with Crippen LogP contribution in [-0.2, 0) is 0 Å². The Kier molecular flexibility index (Phi) is 3.49. The molecule has 0 saturated heterocycles. The van der Waals surface area contributed by atoms with Crippen molar-refractivity contribution in [2.75, 3.05) is 5.32 Å². The number of hydrogen-bond donors (Lipinski definition) is 2. The summed E-state index contributed by atoms with van der Waals surface area (Å²) in [6, 6.07) is 6.28. The summed E-state index contributed by atoms with van der Waals surface area (Å²) in [4.78, 5) is 13.1. The zero-order valence-corrected chi connectivity index (χ0v) is 10.7. The number of anilines is 1. The molecule has 0 unspecified atom stereocenters. The van der Waals surface area contributed by atoms with E-state index in [0.717, 1.165) is 4.90 Å². The normalized spacial score (nSPS) is 10.3.